The average Bonchev–Trinajstić information content (AvgIpc) is 2.43. The van der Waals surface area contributed by atoms with Gasteiger partial charge in [0.15, 0.2) is 0 Å². The number of rotatable bonds is 5. The van der Waals surface area contributed by atoms with E-state index >= 15 is 0 Å². The molecule has 0 fully saturated rings. The lowest BCUT2D eigenvalue weighted by molar-refractivity contribution is -0.120. The van der Waals surface area contributed by atoms with Gasteiger partial charge in [0, 0.05) is 6.54 Å². The Labute approximate surface area is 117 Å². The Balaban J connectivity index is 2.08. The first-order valence-electron chi connectivity index (χ1n) is 6.40. The maximum absolute atomic E-state index is 12.9. The Kier molecular flexibility index (Phi) is 4.48. The molecular formula is C16H17FN2O. The Bertz CT molecular complexity index is 578. The average molecular weight is 272 g/mol. The fourth-order valence-corrected chi connectivity index (χ4v) is 1.96. The summed E-state index contributed by atoms with van der Waals surface area (Å²) in [6, 6.07) is 13.1. The first-order chi connectivity index (χ1) is 9.56. The van der Waals surface area contributed by atoms with Gasteiger partial charge in [-0.25, -0.2) is 4.39 Å². The summed E-state index contributed by atoms with van der Waals surface area (Å²) in [5.41, 5.74) is 8.30. The molecule has 0 aromatic heterocycles. The molecular weight excluding hydrogens is 255 g/mol. The van der Waals surface area contributed by atoms with E-state index in [0.29, 0.717) is 12.1 Å². The van der Waals surface area contributed by atoms with Gasteiger partial charge in [0.25, 0.3) is 0 Å². The largest absolute Gasteiger partial charge is 0.368 e. The molecule has 0 radical (unpaired) electrons. The van der Waals surface area contributed by atoms with Gasteiger partial charge in [-0.3, -0.25) is 10.1 Å². The molecule has 0 heterocycles. The van der Waals surface area contributed by atoms with E-state index in [1.165, 1.54) is 17.7 Å². The lowest BCUT2D eigenvalue weighted by Gasteiger charge is -2.16. The molecule has 4 heteroatoms. The number of amides is 1. The maximum atomic E-state index is 12.9. The van der Waals surface area contributed by atoms with E-state index < -0.39 is 11.9 Å². The van der Waals surface area contributed by atoms with E-state index in [9.17, 15) is 9.18 Å². The summed E-state index contributed by atoms with van der Waals surface area (Å²) in [6.07, 6.45) is 0. The number of carbonyl (C=O) groups is 1. The van der Waals surface area contributed by atoms with Crippen LogP contribution in [0.2, 0.25) is 0 Å². The molecule has 0 saturated carbocycles. The van der Waals surface area contributed by atoms with Crippen molar-refractivity contribution in [3.05, 3.63) is 71.0 Å². The fourth-order valence-electron chi connectivity index (χ4n) is 1.96. The Morgan fingerprint density at radius 3 is 2.30 bits per heavy atom. The highest BCUT2D eigenvalue weighted by atomic mass is 19.1. The number of nitrogens with one attached hydrogen (secondary N) is 1. The van der Waals surface area contributed by atoms with Gasteiger partial charge >= 0.3 is 0 Å². The number of benzene rings is 2. The summed E-state index contributed by atoms with van der Waals surface area (Å²) in [6.45, 7) is 2.53. The van der Waals surface area contributed by atoms with Gasteiger partial charge in [-0.15, -0.1) is 0 Å². The van der Waals surface area contributed by atoms with Crippen molar-refractivity contribution in [3.8, 4) is 0 Å². The molecule has 1 amide bonds. The summed E-state index contributed by atoms with van der Waals surface area (Å²) in [5.74, 6) is -0.820. The Morgan fingerprint density at radius 2 is 1.75 bits per heavy atom. The SMILES string of the molecule is Cc1ccc(CNC(C(N)=O)c2ccc(F)cc2)cc1. The van der Waals surface area contributed by atoms with Crippen LogP contribution in [-0.4, -0.2) is 5.91 Å². The molecule has 104 valence electrons. The highest BCUT2D eigenvalue weighted by Crippen LogP contribution is 2.14. The first kappa shape index (κ1) is 14.2. The van der Waals surface area contributed by atoms with Crippen molar-refractivity contribution < 1.29 is 9.18 Å². The molecule has 0 spiro atoms. The van der Waals surface area contributed by atoms with Gasteiger partial charge in [0.1, 0.15) is 11.9 Å². The van der Waals surface area contributed by atoms with Gasteiger partial charge in [0.05, 0.1) is 0 Å². The zero-order chi connectivity index (χ0) is 14.5. The molecule has 2 aromatic carbocycles. The number of hydrogen-bond acceptors (Lipinski definition) is 2. The molecule has 0 aliphatic carbocycles. The number of carbonyl (C=O) groups excluding carboxylic acids is 1. The normalized spacial score (nSPS) is 12.1. The van der Waals surface area contributed by atoms with Crippen LogP contribution in [0.1, 0.15) is 22.7 Å². The number of primary amides is 1. The van der Waals surface area contributed by atoms with E-state index in [1.54, 1.807) is 12.1 Å². The van der Waals surface area contributed by atoms with Crippen LogP contribution in [0.4, 0.5) is 4.39 Å². The summed E-state index contributed by atoms with van der Waals surface area (Å²) >= 11 is 0. The number of aryl methyl sites for hydroxylation is 1. The van der Waals surface area contributed by atoms with Gasteiger partial charge in [-0.2, -0.15) is 0 Å². The van der Waals surface area contributed by atoms with Crippen LogP contribution in [0.5, 0.6) is 0 Å². The lowest BCUT2D eigenvalue weighted by Crippen LogP contribution is -2.33. The van der Waals surface area contributed by atoms with Crippen molar-refractivity contribution in [1.29, 1.82) is 0 Å². The van der Waals surface area contributed by atoms with E-state index in [-0.39, 0.29) is 5.82 Å². The van der Waals surface area contributed by atoms with Crippen LogP contribution in [0, 0.1) is 12.7 Å². The summed E-state index contributed by atoms with van der Waals surface area (Å²) in [5, 5.41) is 3.09. The number of halogens is 1. The van der Waals surface area contributed by atoms with Crippen molar-refractivity contribution in [2.24, 2.45) is 5.73 Å². The van der Waals surface area contributed by atoms with Crippen LogP contribution in [0.25, 0.3) is 0 Å². The number of hydrogen-bond donors (Lipinski definition) is 2. The van der Waals surface area contributed by atoms with E-state index in [0.717, 1.165) is 5.56 Å². The second-order valence-corrected chi connectivity index (χ2v) is 4.75. The number of nitrogens with two attached hydrogens (primary N) is 1. The smallest absolute Gasteiger partial charge is 0.239 e. The molecule has 0 aliphatic heterocycles. The quantitative estimate of drug-likeness (QED) is 0.878. The molecule has 0 aliphatic rings. The minimum absolute atomic E-state index is 0.337. The fraction of sp³-hybridized carbons (Fsp3) is 0.188. The van der Waals surface area contributed by atoms with Crippen molar-refractivity contribution in [2.75, 3.05) is 0 Å². The molecule has 1 atom stereocenters. The molecule has 0 bridgehead atoms. The Morgan fingerprint density at radius 1 is 1.15 bits per heavy atom. The van der Waals surface area contributed by atoms with Crippen molar-refractivity contribution in [2.45, 2.75) is 19.5 Å². The molecule has 2 aromatic rings. The molecule has 2 rings (SSSR count). The van der Waals surface area contributed by atoms with E-state index in [4.69, 9.17) is 5.73 Å². The van der Waals surface area contributed by atoms with Gasteiger partial charge in [0.2, 0.25) is 5.91 Å². The predicted octanol–water partition coefficient (Wildman–Crippen LogP) is 2.45. The molecule has 20 heavy (non-hydrogen) atoms. The van der Waals surface area contributed by atoms with E-state index in [2.05, 4.69) is 5.32 Å². The van der Waals surface area contributed by atoms with Crippen molar-refractivity contribution >= 4 is 5.91 Å². The topological polar surface area (TPSA) is 55.1 Å². The van der Waals surface area contributed by atoms with Crippen LogP contribution < -0.4 is 11.1 Å². The van der Waals surface area contributed by atoms with Crippen LogP contribution >= 0.6 is 0 Å². The Hall–Kier alpha value is -2.20. The highest BCUT2D eigenvalue weighted by molar-refractivity contribution is 5.81. The minimum atomic E-state index is -0.628. The molecule has 3 N–H and O–H groups in total. The monoisotopic (exact) mass is 272 g/mol. The van der Waals surface area contributed by atoms with Gasteiger partial charge < -0.3 is 5.73 Å². The van der Waals surface area contributed by atoms with Gasteiger partial charge in [-0.1, -0.05) is 42.0 Å². The molecule has 0 saturated heterocycles. The second-order valence-electron chi connectivity index (χ2n) is 4.75. The summed E-state index contributed by atoms with van der Waals surface area (Å²) < 4.78 is 12.9. The molecule has 1 unspecified atom stereocenters. The first-order valence-corrected chi connectivity index (χ1v) is 6.40. The minimum Gasteiger partial charge on any atom is -0.368 e. The standard InChI is InChI=1S/C16H17FN2O/c1-11-2-4-12(5-3-11)10-19-15(16(18)20)13-6-8-14(17)9-7-13/h2-9,15,19H,10H2,1H3,(H2,18,20). The van der Waals surface area contributed by atoms with Crippen LogP contribution in [0.3, 0.4) is 0 Å². The molecule has 3 nitrogen and oxygen atoms in total. The third-order valence-corrected chi connectivity index (χ3v) is 3.12. The third-order valence-electron chi connectivity index (χ3n) is 3.12. The van der Waals surface area contributed by atoms with Crippen molar-refractivity contribution in [1.82, 2.24) is 5.32 Å². The maximum Gasteiger partial charge on any atom is 0.239 e. The lowest BCUT2D eigenvalue weighted by atomic mass is 10.1. The zero-order valence-electron chi connectivity index (χ0n) is 11.3. The van der Waals surface area contributed by atoms with Crippen molar-refractivity contribution in [3.63, 3.8) is 0 Å². The summed E-state index contributed by atoms with van der Waals surface area (Å²) in [7, 11) is 0. The zero-order valence-corrected chi connectivity index (χ0v) is 11.3. The predicted molar refractivity (Wildman–Crippen MR) is 76.4 cm³/mol. The van der Waals surface area contributed by atoms with Crippen LogP contribution in [0.15, 0.2) is 48.5 Å². The van der Waals surface area contributed by atoms with E-state index in [1.807, 2.05) is 31.2 Å². The third kappa shape index (κ3) is 3.65. The van der Waals surface area contributed by atoms with Gasteiger partial charge in [-0.05, 0) is 30.2 Å². The second kappa shape index (κ2) is 6.30. The highest BCUT2D eigenvalue weighted by Gasteiger charge is 2.16. The summed E-state index contributed by atoms with van der Waals surface area (Å²) in [4.78, 5) is 11.5. The van der Waals surface area contributed by atoms with Crippen LogP contribution in [-0.2, 0) is 11.3 Å².